The van der Waals surface area contributed by atoms with Crippen LogP contribution >= 0.6 is 23.1 Å². The topological polar surface area (TPSA) is 83.5 Å². The highest BCUT2D eigenvalue weighted by atomic mass is 32.2. The highest BCUT2D eigenvalue weighted by molar-refractivity contribution is 8.14. The number of fused-ring (bicyclic) bond motifs is 1. The van der Waals surface area contributed by atoms with Crippen LogP contribution in [0.1, 0.15) is 11.1 Å². The SMILES string of the molecule is CS(=O)(=O)c1ccc2nc(NCCc3ccc(/N=C4/N[C@@H](Cc5ccccc5)CS4)cc3)sc2c1. The smallest absolute Gasteiger partial charge is 0.183 e. The maximum absolute atomic E-state index is 11.8. The molecule has 1 atom stereocenters. The van der Waals surface area contributed by atoms with Crippen LogP contribution in [0, 0.1) is 0 Å². The molecule has 0 aliphatic carbocycles. The van der Waals surface area contributed by atoms with Crippen LogP contribution in [0.3, 0.4) is 0 Å². The van der Waals surface area contributed by atoms with Crippen molar-refractivity contribution in [3.63, 3.8) is 0 Å². The number of hydrogen-bond donors (Lipinski definition) is 2. The zero-order valence-corrected chi connectivity index (χ0v) is 21.7. The number of amidine groups is 1. The van der Waals surface area contributed by atoms with Crippen LogP contribution in [0.4, 0.5) is 10.8 Å². The third-order valence-corrected chi connectivity index (χ3v) is 8.86. The van der Waals surface area contributed by atoms with E-state index in [0.717, 1.165) is 51.3 Å². The summed E-state index contributed by atoms with van der Waals surface area (Å²) in [5.74, 6) is 1.03. The maximum Gasteiger partial charge on any atom is 0.183 e. The van der Waals surface area contributed by atoms with Gasteiger partial charge in [-0.25, -0.2) is 18.4 Å². The van der Waals surface area contributed by atoms with Crippen molar-refractivity contribution in [3.05, 3.63) is 83.9 Å². The summed E-state index contributed by atoms with van der Waals surface area (Å²) in [7, 11) is -3.22. The summed E-state index contributed by atoms with van der Waals surface area (Å²) in [5.41, 5.74) is 4.31. The number of thiazole rings is 1. The van der Waals surface area contributed by atoms with Gasteiger partial charge >= 0.3 is 0 Å². The van der Waals surface area contributed by atoms with Gasteiger partial charge in [-0.3, -0.25) is 0 Å². The molecule has 180 valence electrons. The zero-order chi connectivity index (χ0) is 24.3. The molecule has 1 fully saturated rings. The number of hydrogen-bond acceptors (Lipinski definition) is 7. The molecular weight excluding hydrogens is 497 g/mol. The molecule has 0 saturated carbocycles. The number of thioether (sulfide) groups is 1. The minimum Gasteiger partial charge on any atom is -0.361 e. The van der Waals surface area contributed by atoms with Gasteiger partial charge in [0.15, 0.2) is 20.1 Å². The number of anilines is 1. The Hall–Kier alpha value is -2.88. The van der Waals surface area contributed by atoms with Gasteiger partial charge in [0.05, 0.1) is 20.8 Å². The van der Waals surface area contributed by atoms with Crippen LogP contribution < -0.4 is 10.6 Å². The monoisotopic (exact) mass is 522 g/mol. The Morgan fingerprint density at radius 2 is 1.86 bits per heavy atom. The summed E-state index contributed by atoms with van der Waals surface area (Å²) in [5, 5.41) is 8.67. The average molecular weight is 523 g/mol. The van der Waals surface area contributed by atoms with Crippen LogP contribution in [0.15, 0.2) is 82.7 Å². The van der Waals surface area contributed by atoms with E-state index in [9.17, 15) is 8.42 Å². The molecular formula is C26H26N4O2S3. The Balaban J connectivity index is 1.13. The lowest BCUT2D eigenvalue weighted by atomic mass is 10.1. The lowest BCUT2D eigenvalue weighted by Gasteiger charge is -2.09. The minimum absolute atomic E-state index is 0.321. The molecule has 2 N–H and O–H groups in total. The molecule has 9 heteroatoms. The molecule has 0 radical (unpaired) electrons. The first-order chi connectivity index (χ1) is 16.9. The van der Waals surface area contributed by atoms with Crippen LogP contribution in [0.5, 0.6) is 0 Å². The molecule has 1 aromatic heterocycles. The normalized spacial score (nSPS) is 17.1. The van der Waals surface area contributed by atoms with E-state index < -0.39 is 9.84 Å². The van der Waals surface area contributed by atoms with E-state index in [1.807, 2.05) is 6.07 Å². The van der Waals surface area contributed by atoms with Crippen LogP contribution in [0.2, 0.25) is 0 Å². The minimum atomic E-state index is -3.22. The molecule has 0 unspecified atom stereocenters. The number of aliphatic imine (C=N–C) groups is 1. The fourth-order valence-electron chi connectivity index (χ4n) is 3.89. The van der Waals surface area contributed by atoms with Crippen molar-refractivity contribution in [1.82, 2.24) is 10.3 Å². The van der Waals surface area contributed by atoms with Crippen LogP contribution in [0.25, 0.3) is 10.2 Å². The van der Waals surface area contributed by atoms with Crippen molar-refractivity contribution in [2.75, 3.05) is 23.9 Å². The Bertz CT molecular complexity index is 1450. The quantitative estimate of drug-likeness (QED) is 0.327. The molecule has 2 heterocycles. The molecule has 35 heavy (non-hydrogen) atoms. The van der Waals surface area contributed by atoms with E-state index >= 15 is 0 Å². The summed E-state index contributed by atoms with van der Waals surface area (Å²) in [6, 6.07) is 24.3. The second kappa shape index (κ2) is 10.4. The van der Waals surface area contributed by atoms with Gasteiger partial charge in [0.25, 0.3) is 0 Å². The third kappa shape index (κ3) is 6.22. The molecule has 0 spiro atoms. The molecule has 1 aliphatic rings. The van der Waals surface area contributed by atoms with Gasteiger partial charge in [-0.2, -0.15) is 0 Å². The van der Waals surface area contributed by atoms with E-state index in [4.69, 9.17) is 4.99 Å². The van der Waals surface area contributed by atoms with Crippen molar-refractivity contribution in [2.24, 2.45) is 4.99 Å². The zero-order valence-electron chi connectivity index (χ0n) is 19.3. The molecule has 3 aromatic carbocycles. The molecule has 0 bridgehead atoms. The maximum atomic E-state index is 11.8. The first kappa shape index (κ1) is 23.8. The van der Waals surface area contributed by atoms with Gasteiger partial charge in [0.2, 0.25) is 0 Å². The molecule has 4 aromatic rings. The highest BCUT2D eigenvalue weighted by Crippen LogP contribution is 2.28. The molecule has 1 saturated heterocycles. The largest absolute Gasteiger partial charge is 0.361 e. The van der Waals surface area contributed by atoms with Gasteiger partial charge < -0.3 is 10.6 Å². The summed E-state index contributed by atoms with van der Waals surface area (Å²) >= 11 is 3.24. The second-order valence-corrected chi connectivity index (χ2v) is 12.6. The number of benzene rings is 3. The fourth-order valence-corrected chi connectivity index (χ4v) is 6.52. The number of nitrogens with one attached hydrogen (secondary N) is 2. The summed E-state index contributed by atoms with van der Waals surface area (Å²) in [6.45, 7) is 0.741. The van der Waals surface area contributed by atoms with E-state index in [2.05, 4.69) is 64.1 Å². The Kier molecular flexibility index (Phi) is 7.08. The predicted molar refractivity (Wildman–Crippen MR) is 148 cm³/mol. The van der Waals surface area contributed by atoms with Crippen LogP contribution in [-0.4, -0.2) is 43.2 Å². The van der Waals surface area contributed by atoms with Crippen LogP contribution in [-0.2, 0) is 22.7 Å². The van der Waals surface area contributed by atoms with Crippen molar-refractivity contribution >= 4 is 59.1 Å². The molecule has 6 nitrogen and oxygen atoms in total. The Labute approximate surface area is 213 Å². The number of sulfone groups is 1. The summed E-state index contributed by atoms with van der Waals surface area (Å²) in [4.78, 5) is 9.65. The van der Waals surface area contributed by atoms with Gasteiger partial charge in [0.1, 0.15) is 0 Å². The second-order valence-electron chi connectivity index (χ2n) is 8.52. The Morgan fingerprint density at radius 1 is 1.06 bits per heavy atom. The van der Waals surface area contributed by atoms with Crippen molar-refractivity contribution in [1.29, 1.82) is 0 Å². The lowest BCUT2D eigenvalue weighted by molar-refractivity contribution is 0.602. The fraction of sp³-hybridized carbons (Fsp3) is 0.231. The third-order valence-electron chi connectivity index (χ3n) is 5.72. The predicted octanol–water partition coefficient (Wildman–Crippen LogP) is 5.29. The number of aromatic nitrogens is 1. The van der Waals surface area contributed by atoms with Gasteiger partial charge in [-0.15, -0.1) is 0 Å². The van der Waals surface area contributed by atoms with E-state index in [-0.39, 0.29) is 0 Å². The van der Waals surface area contributed by atoms with Gasteiger partial charge in [-0.05, 0) is 54.3 Å². The Morgan fingerprint density at radius 3 is 2.63 bits per heavy atom. The van der Waals surface area contributed by atoms with Crippen molar-refractivity contribution < 1.29 is 8.42 Å². The lowest BCUT2D eigenvalue weighted by Crippen LogP contribution is -2.28. The summed E-state index contributed by atoms with van der Waals surface area (Å²) < 4.78 is 24.4. The molecule has 0 amide bonds. The molecule has 5 rings (SSSR count). The van der Waals surface area contributed by atoms with E-state index in [1.54, 1.807) is 30.0 Å². The highest BCUT2D eigenvalue weighted by Gasteiger charge is 2.20. The number of rotatable bonds is 8. The summed E-state index contributed by atoms with van der Waals surface area (Å²) in [6.07, 6.45) is 3.08. The van der Waals surface area contributed by atoms with Crippen molar-refractivity contribution in [2.45, 2.75) is 23.8 Å². The van der Waals surface area contributed by atoms with E-state index in [0.29, 0.717) is 10.9 Å². The first-order valence-electron chi connectivity index (χ1n) is 11.4. The first-order valence-corrected chi connectivity index (χ1v) is 15.1. The van der Waals surface area contributed by atoms with Gasteiger partial charge in [-0.1, -0.05) is 65.6 Å². The molecule has 1 aliphatic heterocycles. The standard InChI is InChI=1S/C26H26N4O2S3/c1-35(31,32)22-11-12-23-24(16-22)34-25(30-23)27-14-13-18-7-9-20(10-8-18)28-26-29-21(17-33-26)15-19-5-3-2-4-6-19/h2-12,16,21H,13-15,17H2,1H3,(H,27,30)(H,28,29)/t21-/m0/s1. The van der Waals surface area contributed by atoms with E-state index in [1.165, 1.54) is 28.7 Å². The van der Waals surface area contributed by atoms with Gasteiger partial charge in [0, 0.05) is 24.6 Å². The number of nitrogens with zero attached hydrogens (tertiary/aromatic N) is 2. The average Bonchev–Trinajstić information content (AvgIpc) is 3.46. The van der Waals surface area contributed by atoms with Crippen molar-refractivity contribution in [3.8, 4) is 0 Å².